The quantitative estimate of drug-likeness (QED) is 0.447. The fourth-order valence-electron chi connectivity index (χ4n) is 3.06. The van der Waals surface area contributed by atoms with Gasteiger partial charge in [0.1, 0.15) is 18.4 Å². The number of carbonyl (C=O) groups excluding carboxylic acids is 3. The minimum atomic E-state index is -1.17. The Balaban J connectivity index is 2.06. The molecule has 13 heteroatoms. The number of ether oxygens (including phenoxy) is 4. The number of esters is 3. The van der Waals surface area contributed by atoms with Gasteiger partial charge in [-0.05, 0) is 0 Å². The lowest BCUT2D eigenvalue weighted by molar-refractivity contribution is -0.166. The number of H-pyrrole nitrogens is 2. The van der Waals surface area contributed by atoms with Gasteiger partial charge in [0.15, 0.2) is 24.0 Å². The first-order valence-electron chi connectivity index (χ1n) is 8.49. The van der Waals surface area contributed by atoms with E-state index in [9.17, 15) is 24.0 Å². The van der Waals surface area contributed by atoms with Gasteiger partial charge in [0.05, 0.1) is 6.33 Å². The Hall–Kier alpha value is -3.48. The van der Waals surface area contributed by atoms with Crippen molar-refractivity contribution in [1.82, 2.24) is 19.5 Å². The number of aromatic amines is 2. The molecule has 13 nitrogen and oxygen atoms in total. The highest BCUT2D eigenvalue weighted by molar-refractivity contribution is 5.70. The molecular weight excluding hydrogens is 392 g/mol. The van der Waals surface area contributed by atoms with Gasteiger partial charge in [-0.2, -0.15) is 0 Å². The number of hydrogen-bond donors (Lipinski definition) is 2. The van der Waals surface area contributed by atoms with E-state index < -0.39 is 53.7 Å². The number of hydrogen-bond acceptors (Lipinski definition) is 10. The Morgan fingerprint density at radius 2 is 1.72 bits per heavy atom. The molecule has 156 valence electrons. The maximum Gasteiger partial charge on any atom is 0.327 e. The summed E-state index contributed by atoms with van der Waals surface area (Å²) in [6, 6.07) is 0. The summed E-state index contributed by atoms with van der Waals surface area (Å²) in [5.74, 6) is -1.96. The summed E-state index contributed by atoms with van der Waals surface area (Å²) in [5, 5.41) is 0. The molecule has 0 amide bonds. The molecule has 2 aromatic rings. The van der Waals surface area contributed by atoms with E-state index in [0.29, 0.717) is 0 Å². The average molecular weight is 410 g/mol. The maximum atomic E-state index is 11.9. The molecule has 4 atom stereocenters. The smallest absolute Gasteiger partial charge is 0.327 e. The molecule has 0 saturated carbocycles. The summed E-state index contributed by atoms with van der Waals surface area (Å²) in [5.41, 5.74) is -1.57. The van der Waals surface area contributed by atoms with Crippen LogP contribution in [-0.4, -0.2) is 62.3 Å². The third-order valence-corrected chi connectivity index (χ3v) is 4.08. The Kier molecular flexibility index (Phi) is 5.50. The molecule has 0 bridgehead atoms. The lowest BCUT2D eigenvalue weighted by atomic mass is 10.1. The number of nitrogens with one attached hydrogen (secondary N) is 2. The summed E-state index contributed by atoms with van der Waals surface area (Å²) in [6.45, 7) is 3.22. The largest absolute Gasteiger partial charge is 0.463 e. The molecule has 1 aliphatic heterocycles. The molecule has 2 N–H and O–H groups in total. The fourth-order valence-corrected chi connectivity index (χ4v) is 3.06. The highest BCUT2D eigenvalue weighted by Crippen LogP contribution is 2.35. The lowest BCUT2D eigenvalue weighted by Gasteiger charge is -2.23. The van der Waals surface area contributed by atoms with E-state index in [-0.39, 0.29) is 17.8 Å². The summed E-state index contributed by atoms with van der Waals surface area (Å²) >= 11 is 0. The molecule has 1 saturated heterocycles. The van der Waals surface area contributed by atoms with Crippen LogP contribution in [0.4, 0.5) is 0 Å². The molecular formula is C16H18N4O9. The van der Waals surface area contributed by atoms with Crippen LogP contribution in [0.1, 0.15) is 27.0 Å². The minimum Gasteiger partial charge on any atom is -0.463 e. The van der Waals surface area contributed by atoms with E-state index in [1.807, 2.05) is 4.98 Å². The van der Waals surface area contributed by atoms with Crippen LogP contribution in [0.3, 0.4) is 0 Å². The van der Waals surface area contributed by atoms with E-state index in [1.54, 1.807) is 0 Å². The Bertz CT molecular complexity index is 1070. The first-order valence-corrected chi connectivity index (χ1v) is 8.49. The van der Waals surface area contributed by atoms with Crippen LogP contribution in [0.15, 0.2) is 15.9 Å². The van der Waals surface area contributed by atoms with Crippen molar-refractivity contribution in [2.24, 2.45) is 0 Å². The lowest BCUT2D eigenvalue weighted by Crippen LogP contribution is -2.40. The summed E-state index contributed by atoms with van der Waals surface area (Å²) < 4.78 is 22.6. The van der Waals surface area contributed by atoms with Crippen molar-refractivity contribution >= 4 is 29.1 Å². The van der Waals surface area contributed by atoms with Crippen LogP contribution in [0.2, 0.25) is 0 Å². The molecule has 1 aliphatic rings. The van der Waals surface area contributed by atoms with Gasteiger partial charge in [-0.25, -0.2) is 9.78 Å². The van der Waals surface area contributed by atoms with Gasteiger partial charge >= 0.3 is 23.6 Å². The molecule has 0 aromatic carbocycles. The monoisotopic (exact) mass is 410 g/mol. The highest BCUT2D eigenvalue weighted by Gasteiger charge is 2.51. The van der Waals surface area contributed by atoms with Crippen molar-refractivity contribution < 1.29 is 33.3 Å². The van der Waals surface area contributed by atoms with Gasteiger partial charge in [0, 0.05) is 20.8 Å². The SMILES string of the molecule is CC(=O)OC[C@@H]1O[C@@H](n2cnc3c(=O)[nH]c(=O)[nH]c32)[C@@H](OC(C)=O)[C@H]1OC(C)=O. The molecule has 0 aliphatic carbocycles. The van der Waals surface area contributed by atoms with Crippen molar-refractivity contribution in [2.75, 3.05) is 6.61 Å². The summed E-state index contributed by atoms with van der Waals surface area (Å²) in [6.07, 6.45) is -3.20. The predicted molar refractivity (Wildman–Crippen MR) is 92.6 cm³/mol. The van der Waals surface area contributed by atoms with Crippen LogP contribution in [0.25, 0.3) is 11.2 Å². The molecule has 3 rings (SSSR count). The molecule has 3 heterocycles. The molecule has 0 spiro atoms. The predicted octanol–water partition coefficient (Wildman–Crippen LogP) is -1.26. The fraction of sp³-hybridized carbons (Fsp3) is 0.500. The average Bonchev–Trinajstić information content (AvgIpc) is 3.15. The number of aromatic nitrogens is 4. The highest BCUT2D eigenvalue weighted by atomic mass is 16.7. The second kappa shape index (κ2) is 7.87. The Labute approximate surface area is 161 Å². The zero-order valence-corrected chi connectivity index (χ0v) is 15.7. The van der Waals surface area contributed by atoms with Crippen LogP contribution in [-0.2, 0) is 33.3 Å². The van der Waals surface area contributed by atoms with Crippen LogP contribution < -0.4 is 11.2 Å². The van der Waals surface area contributed by atoms with E-state index >= 15 is 0 Å². The van der Waals surface area contributed by atoms with Crippen LogP contribution in [0.5, 0.6) is 0 Å². The van der Waals surface area contributed by atoms with Gasteiger partial charge in [-0.1, -0.05) is 0 Å². The van der Waals surface area contributed by atoms with E-state index in [0.717, 1.165) is 13.8 Å². The van der Waals surface area contributed by atoms with Gasteiger partial charge in [-0.15, -0.1) is 0 Å². The van der Waals surface area contributed by atoms with Crippen molar-refractivity contribution in [3.63, 3.8) is 0 Å². The normalized spacial score (nSPS) is 23.7. The number of fused-ring (bicyclic) bond motifs is 1. The first kappa shape index (κ1) is 20.3. The molecule has 2 aromatic heterocycles. The first-order chi connectivity index (χ1) is 13.7. The van der Waals surface area contributed by atoms with Crippen LogP contribution >= 0.6 is 0 Å². The Morgan fingerprint density at radius 1 is 1.07 bits per heavy atom. The minimum absolute atomic E-state index is 0.00983. The van der Waals surface area contributed by atoms with Gasteiger partial charge in [0.25, 0.3) is 5.56 Å². The Morgan fingerprint density at radius 3 is 2.34 bits per heavy atom. The van der Waals surface area contributed by atoms with E-state index in [2.05, 4.69) is 9.97 Å². The van der Waals surface area contributed by atoms with Crippen molar-refractivity contribution in [3.05, 3.63) is 27.2 Å². The van der Waals surface area contributed by atoms with Crippen molar-refractivity contribution in [2.45, 2.75) is 45.3 Å². The standard InChI is InChI=1S/C16H18N4O9/c1-6(21)26-4-9-11(27-7(2)22)12(28-8(3)23)15(29-9)20-5-17-10-13(20)18-16(25)19-14(10)24/h5,9,11-12,15H,4H2,1-3H3,(H2,18,19,24,25)/t9-,11-,12-,15+/m0/s1. The number of imidazole rings is 1. The number of nitrogens with zero attached hydrogens (tertiary/aromatic N) is 2. The zero-order chi connectivity index (χ0) is 21.3. The summed E-state index contributed by atoms with van der Waals surface area (Å²) in [7, 11) is 0. The van der Waals surface area contributed by atoms with Gasteiger partial charge in [-0.3, -0.25) is 33.7 Å². The van der Waals surface area contributed by atoms with E-state index in [4.69, 9.17) is 18.9 Å². The molecule has 29 heavy (non-hydrogen) atoms. The molecule has 0 unspecified atom stereocenters. The number of carbonyl (C=O) groups is 3. The summed E-state index contributed by atoms with van der Waals surface area (Å²) in [4.78, 5) is 66.4. The maximum absolute atomic E-state index is 11.9. The number of rotatable bonds is 5. The third kappa shape index (κ3) is 4.18. The van der Waals surface area contributed by atoms with Gasteiger partial charge < -0.3 is 18.9 Å². The third-order valence-electron chi connectivity index (χ3n) is 4.08. The molecule has 1 fully saturated rings. The topological polar surface area (TPSA) is 172 Å². The van der Waals surface area contributed by atoms with Crippen molar-refractivity contribution in [1.29, 1.82) is 0 Å². The molecule has 0 radical (unpaired) electrons. The van der Waals surface area contributed by atoms with Gasteiger partial charge in [0.2, 0.25) is 0 Å². The second-order valence-corrected chi connectivity index (χ2v) is 6.27. The zero-order valence-electron chi connectivity index (χ0n) is 15.7. The van der Waals surface area contributed by atoms with Crippen LogP contribution in [0, 0.1) is 0 Å². The van der Waals surface area contributed by atoms with Crippen molar-refractivity contribution in [3.8, 4) is 0 Å². The van der Waals surface area contributed by atoms with E-state index in [1.165, 1.54) is 17.8 Å². The second-order valence-electron chi connectivity index (χ2n) is 6.27.